The number of carbonyl (C=O) groups excluding carboxylic acids is 1. The van der Waals surface area contributed by atoms with Gasteiger partial charge in [0.25, 0.3) is 5.91 Å². The van der Waals surface area contributed by atoms with Gasteiger partial charge in [-0.25, -0.2) is 9.98 Å². The van der Waals surface area contributed by atoms with Crippen molar-refractivity contribution in [1.82, 2.24) is 9.97 Å². The first-order chi connectivity index (χ1) is 14.1. The van der Waals surface area contributed by atoms with Gasteiger partial charge in [-0.2, -0.15) is 4.98 Å². The van der Waals surface area contributed by atoms with E-state index in [2.05, 4.69) is 30.9 Å². The lowest BCUT2D eigenvalue weighted by molar-refractivity contribution is 0.100. The number of aliphatic imine (C=N–C) groups is 1. The first kappa shape index (κ1) is 20.2. The van der Waals surface area contributed by atoms with Crippen molar-refractivity contribution < 1.29 is 4.79 Å². The van der Waals surface area contributed by atoms with Crippen molar-refractivity contribution in [2.75, 3.05) is 16.0 Å². The number of hydrogen-bond donors (Lipinski definition) is 6. The summed E-state index contributed by atoms with van der Waals surface area (Å²) in [5, 5.41) is 16.2. The van der Waals surface area contributed by atoms with Crippen LogP contribution in [0.5, 0.6) is 0 Å². The number of nitrogens with one attached hydrogen (secondary N) is 4. The Morgan fingerprint density at radius 1 is 1.21 bits per heavy atom. The average molecular weight is 395 g/mol. The summed E-state index contributed by atoms with van der Waals surface area (Å²) < 4.78 is 0. The molecular weight excluding hydrogens is 370 g/mol. The van der Waals surface area contributed by atoms with Gasteiger partial charge in [-0.1, -0.05) is 12.8 Å². The smallest absolute Gasteiger partial charge is 0.254 e. The van der Waals surface area contributed by atoms with Crippen LogP contribution in [-0.4, -0.2) is 40.6 Å². The van der Waals surface area contributed by atoms with E-state index in [-0.39, 0.29) is 17.6 Å². The number of nitrogens with zero attached hydrogens (tertiary/aromatic N) is 3. The van der Waals surface area contributed by atoms with Gasteiger partial charge < -0.3 is 27.4 Å². The zero-order chi connectivity index (χ0) is 20.6. The molecule has 10 heteroatoms. The summed E-state index contributed by atoms with van der Waals surface area (Å²) in [7, 11) is 0. The Kier molecular flexibility index (Phi) is 6.69. The highest BCUT2D eigenvalue weighted by Gasteiger charge is 2.23. The number of rotatable bonds is 8. The van der Waals surface area contributed by atoms with Gasteiger partial charge in [-0.3, -0.25) is 10.2 Å². The van der Waals surface area contributed by atoms with Crippen LogP contribution in [0.3, 0.4) is 0 Å². The van der Waals surface area contributed by atoms with Gasteiger partial charge in [-0.05, 0) is 37.1 Å². The van der Waals surface area contributed by atoms with Crippen LogP contribution in [0, 0.1) is 5.41 Å². The Bertz CT molecular complexity index is 882. The molecule has 1 aromatic heterocycles. The fourth-order valence-electron chi connectivity index (χ4n) is 3.17. The van der Waals surface area contributed by atoms with Crippen LogP contribution in [0.4, 0.5) is 23.1 Å². The molecule has 0 spiro atoms. The number of carbonyl (C=O) groups is 1. The van der Waals surface area contributed by atoms with Crippen LogP contribution in [0.1, 0.15) is 36.0 Å². The first-order valence-corrected chi connectivity index (χ1v) is 9.40. The second-order valence-corrected chi connectivity index (χ2v) is 6.77. The van der Waals surface area contributed by atoms with E-state index in [9.17, 15) is 4.79 Å². The lowest BCUT2D eigenvalue weighted by Gasteiger charge is -2.29. The van der Waals surface area contributed by atoms with E-state index in [0.29, 0.717) is 11.8 Å². The number of amides is 1. The predicted octanol–water partition coefficient (Wildman–Crippen LogP) is 2.05. The quantitative estimate of drug-likeness (QED) is 0.294. The molecule has 0 unspecified atom stereocenters. The van der Waals surface area contributed by atoms with Crippen molar-refractivity contribution in [2.24, 2.45) is 16.5 Å². The highest BCUT2D eigenvalue weighted by atomic mass is 16.1. The van der Waals surface area contributed by atoms with E-state index in [4.69, 9.17) is 16.9 Å². The summed E-state index contributed by atoms with van der Waals surface area (Å²) in [4.78, 5) is 24.1. The highest BCUT2D eigenvalue weighted by molar-refractivity contribution is 5.98. The zero-order valence-corrected chi connectivity index (χ0v) is 15.9. The molecular formula is C19H25N9O. The second-order valence-electron chi connectivity index (χ2n) is 6.77. The molecule has 10 nitrogen and oxygen atoms in total. The van der Waals surface area contributed by atoms with Crippen LogP contribution in [0.25, 0.3) is 0 Å². The van der Waals surface area contributed by atoms with Gasteiger partial charge >= 0.3 is 0 Å². The molecule has 0 aliphatic heterocycles. The summed E-state index contributed by atoms with van der Waals surface area (Å²) >= 11 is 0. The molecule has 0 bridgehead atoms. The van der Waals surface area contributed by atoms with E-state index in [1.165, 1.54) is 12.5 Å². The fraction of sp³-hybridized carbons (Fsp3) is 0.316. The Morgan fingerprint density at radius 2 is 1.93 bits per heavy atom. The van der Waals surface area contributed by atoms with Gasteiger partial charge in [0, 0.05) is 29.7 Å². The van der Waals surface area contributed by atoms with E-state index in [1.807, 2.05) is 24.3 Å². The molecule has 1 fully saturated rings. The Balaban J connectivity index is 1.76. The number of benzene rings is 1. The third-order valence-corrected chi connectivity index (χ3v) is 4.72. The van der Waals surface area contributed by atoms with Gasteiger partial charge in [0.1, 0.15) is 17.7 Å². The molecule has 0 saturated heterocycles. The average Bonchev–Trinajstić information content (AvgIpc) is 2.71. The zero-order valence-electron chi connectivity index (χ0n) is 15.9. The van der Waals surface area contributed by atoms with E-state index in [0.717, 1.165) is 43.4 Å². The lowest BCUT2D eigenvalue weighted by atomic mass is 9.91. The van der Waals surface area contributed by atoms with Crippen LogP contribution >= 0.6 is 0 Å². The topological polar surface area (TPSA) is 167 Å². The molecule has 3 rings (SSSR count). The minimum atomic E-state index is -0.616. The molecule has 2 atom stereocenters. The van der Waals surface area contributed by atoms with Crippen molar-refractivity contribution in [2.45, 2.75) is 37.8 Å². The third kappa shape index (κ3) is 5.48. The Hall–Kier alpha value is -3.53. The summed E-state index contributed by atoms with van der Waals surface area (Å²) in [6.07, 6.45) is 7.94. The van der Waals surface area contributed by atoms with Crippen molar-refractivity contribution in [3.63, 3.8) is 0 Å². The Labute approximate surface area is 168 Å². The predicted molar refractivity (Wildman–Crippen MR) is 115 cm³/mol. The van der Waals surface area contributed by atoms with Crippen LogP contribution in [-0.2, 0) is 0 Å². The summed E-state index contributed by atoms with van der Waals surface area (Å²) in [6.45, 7) is 0. The third-order valence-electron chi connectivity index (χ3n) is 4.72. The molecule has 1 amide bonds. The Morgan fingerprint density at radius 3 is 2.62 bits per heavy atom. The van der Waals surface area contributed by atoms with E-state index >= 15 is 0 Å². The maximum Gasteiger partial charge on any atom is 0.254 e. The molecule has 2 aromatic rings. The van der Waals surface area contributed by atoms with Gasteiger partial charge in [0.2, 0.25) is 5.95 Å². The minimum Gasteiger partial charge on any atom is -0.365 e. The lowest BCUT2D eigenvalue weighted by Crippen LogP contribution is -2.43. The standard InChI is InChI=1S/C19H25N9O/c20-10-23-11-25-12-5-7-13(8-6-12)26-18-14(17(22)29)9-24-19(28-18)27-16-4-2-1-3-15(16)21/h5-11,15-16H,1-4,21H2,(H2,22,29)(H2,20,23,25)(H2,24,26,27,28)/t15-,16+/m0/s1. The van der Waals surface area contributed by atoms with Gasteiger partial charge in [0.15, 0.2) is 0 Å². The molecule has 8 N–H and O–H groups in total. The number of aromatic nitrogens is 2. The molecule has 1 aromatic carbocycles. The number of anilines is 4. The number of nitrogens with two attached hydrogens (primary N) is 2. The van der Waals surface area contributed by atoms with Gasteiger partial charge in [-0.15, -0.1) is 0 Å². The largest absolute Gasteiger partial charge is 0.365 e. The molecule has 1 heterocycles. The molecule has 1 saturated carbocycles. The van der Waals surface area contributed by atoms with Crippen molar-refractivity contribution in [3.8, 4) is 0 Å². The maximum absolute atomic E-state index is 11.8. The SMILES string of the molecule is N=C/N=C\Nc1ccc(Nc2nc(N[C@@H]3CCCC[C@@H]3N)ncc2C(N)=O)cc1. The van der Waals surface area contributed by atoms with Crippen LogP contribution in [0.2, 0.25) is 0 Å². The normalized spacial score (nSPS) is 18.9. The van der Waals surface area contributed by atoms with Crippen molar-refractivity contribution in [1.29, 1.82) is 5.41 Å². The minimum absolute atomic E-state index is 0.0517. The molecule has 1 aliphatic carbocycles. The summed E-state index contributed by atoms with van der Waals surface area (Å²) in [5.74, 6) is 0.112. The van der Waals surface area contributed by atoms with Gasteiger partial charge in [0.05, 0.1) is 6.34 Å². The van der Waals surface area contributed by atoms with Crippen molar-refractivity contribution >= 4 is 41.7 Å². The van der Waals surface area contributed by atoms with Crippen LogP contribution < -0.4 is 27.4 Å². The molecule has 29 heavy (non-hydrogen) atoms. The van der Waals surface area contributed by atoms with Crippen molar-refractivity contribution in [3.05, 3.63) is 36.0 Å². The van der Waals surface area contributed by atoms with E-state index < -0.39 is 5.91 Å². The monoisotopic (exact) mass is 395 g/mol. The van der Waals surface area contributed by atoms with E-state index in [1.54, 1.807) is 0 Å². The van der Waals surface area contributed by atoms with Crippen LogP contribution in [0.15, 0.2) is 35.5 Å². The second kappa shape index (κ2) is 9.60. The maximum atomic E-state index is 11.8. The summed E-state index contributed by atoms with van der Waals surface area (Å²) in [5.41, 5.74) is 13.4. The fourth-order valence-corrected chi connectivity index (χ4v) is 3.17. The molecule has 1 aliphatic rings. The molecule has 0 radical (unpaired) electrons. The first-order valence-electron chi connectivity index (χ1n) is 9.40. The summed E-state index contributed by atoms with van der Waals surface area (Å²) in [6, 6.07) is 7.43. The number of hydrogen-bond acceptors (Lipinski definition) is 7. The highest BCUT2D eigenvalue weighted by Crippen LogP contribution is 2.23. The number of primary amides is 1. The molecule has 152 valence electrons.